The largest absolute Gasteiger partial charge is 0.462 e. The molecule has 2 aromatic rings. The number of esters is 1. The van der Waals surface area contributed by atoms with Gasteiger partial charge < -0.3 is 15.0 Å². The second-order valence-corrected chi connectivity index (χ2v) is 7.25. The number of ketones is 1. The van der Waals surface area contributed by atoms with Gasteiger partial charge in [0.25, 0.3) is 11.7 Å². The minimum Gasteiger partial charge on any atom is -0.462 e. The number of rotatable bonds is 6. The first kappa shape index (κ1) is 19.9. The Balaban J connectivity index is 2.03. The highest BCUT2D eigenvalue weighted by molar-refractivity contribution is 6.44. The molecule has 1 aromatic heterocycles. The maximum absolute atomic E-state index is 12.9. The van der Waals surface area contributed by atoms with Crippen LogP contribution in [0.3, 0.4) is 0 Å². The van der Waals surface area contributed by atoms with Crippen LogP contribution in [0.4, 0.5) is 0 Å². The molecule has 0 aliphatic heterocycles. The van der Waals surface area contributed by atoms with Crippen molar-refractivity contribution in [2.45, 2.75) is 52.5 Å². The summed E-state index contributed by atoms with van der Waals surface area (Å²) >= 11 is 0. The summed E-state index contributed by atoms with van der Waals surface area (Å²) in [6.45, 7) is 5.61. The number of carbonyl (C=O) groups is 3. The highest BCUT2D eigenvalue weighted by atomic mass is 16.5. The molecule has 6 heteroatoms. The minimum atomic E-state index is -0.666. The van der Waals surface area contributed by atoms with Crippen LogP contribution in [0.1, 0.15) is 64.7 Å². The Morgan fingerprint density at radius 3 is 2.36 bits per heavy atom. The third-order valence-corrected chi connectivity index (χ3v) is 5.13. The number of ether oxygens (including phenoxy) is 1. The van der Waals surface area contributed by atoms with Crippen LogP contribution in [0.15, 0.2) is 24.3 Å². The first-order chi connectivity index (χ1) is 13.4. The third kappa shape index (κ3) is 4.01. The molecule has 0 spiro atoms. The second-order valence-electron chi connectivity index (χ2n) is 7.25. The van der Waals surface area contributed by atoms with Gasteiger partial charge in [-0.3, -0.25) is 9.59 Å². The Kier molecular flexibility index (Phi) is 5.97. The smallest absolute Gasteiger partial charge is 0.340 e. The van der Waals surface area contributed by atoms with Crippen LogP contribution in [0.5, 0.6) is 0 Å². The number of hydrogen-bond donors (Lipinski definition) is 2. The van der Waals surface area contributed by atoms with Crippen LogP contribution in [-0.4, -0.2) is 35.3 Å². The molecule has 28 heavy (non-hydrogen) atoms. The molecule has 1 heterocycles. The molecule has 1 aliphatic rings. The van der Waals surface area contributed by atoms with Crippen molar-refractivity contribution in [1.82, 2.24) is 10.3 Å². The number of Topliss-reactive ketones (excluding diaryl/α,β-unsaturated/α-hetero) is 1. The Bertz CT molecular complexity index is 890. The van der Waals surface area contributed by atoms with Crippen molar-refractivity contribution in [3.63, 3.8) is 0 Å². The molecule has 0 radical (unpaired) electrons. The van der Waals surface area contributed by atoms with Crippen molar-refractivity contribution in [2.24, 2.45) is 0 Å². The number of nitrogens with one attached hydrogen (secondary N) is 2. The summed E-state index contributed by atoms with van der Waals surface area (Å²) in [6.07, 6.45) is 3.90. The topological polar surface area (TPSA) is 88.3 Å². The van der Waals surface area contributed by atoms with E-state index in [4.69, 9.17) is 4.74 Å². The summed E-state index contributed by atoms with van der Waals surface area (Å²) in [5.41, 5.74) is 3.09. The number of carbonyl (C=O) groups excluding carboxylic acids is 3. The summed E-state index contributed by atoms with van der Waals surface area (Å²) in [5, 5.41) is 2.82. The average molecular weight is 382 g/mol. The van der Waals surface area contributed by atoms with Gasteiger partial charge in [-0.15, -0.1) is 0 Å². The lowest BCUT2D eigenvalue weighted by Crippen LogP contribution is -2.38. The van der Waals surface area contributed by atoms with E-state index in [-0.39, 0.29) is 18.3 Å². The molecule has 2 N–H and O–H groups in total. The molecule has 1 aromatic carbocycles. The molecule has 1 amide bonds. The number of aryl methyl sites for hydroxylation is 2. The molecular formula is C22H26N2O4. The predicted octanol–water partition coefficient (Wildman–Crippen LogP) is 3.72. The van der Waals surface area contributed by atoms with Crippen molar-refractivity contribution in [3.05, 3.63) is 46.8 Å². The first-order valence-corrected chi connectivity index (χ1v) is 9.74. The molecular weight excluding hydrogens is 356 g/mol. The zero-order valence-electron chi connectivity index (χ0n) is 16.6. The van der Waals surface area contributed by atoms with Gasteiger partial charge in [0.1, 0.15) is 5.69 Å². The fraction of sp³-hybridized carbons (Fsp3) is 0.409. The SMILES string of the molecule is CCOC(=O)c1c(C)[nH]c(C(=O)C(=O)NC2CCCC2)c1-c1ccc(C)cc1. The fourth-order valence-electron chi connectivity index (χ4n) is 3.70. The number of aromatic amines is 1. The molecule has 6 nitrogen and oxygen atoms in total. The lowest BCUT2D eigenvalue weighted by Gasteiger charge is -2.12. The molecule has 1 fully saturated rings. The summed E-state index contributed by atoms with van der Waals surface area (Å²) in [5.74, 6) is -1.82. The molecule has 1 aliphatic carbocycles. The van der Waals surface area contributed by atoms with Crippen LogP contribution in [0.25, 0.3) is 11.1 Å². The fourth-order valence-corrected chi connectivity index (χ4v) is 3.70. The molecule has 0 bridgehead atoms. The van der Waals surface area contributed by atoms with E-state index in [1.807, 2.05) is 31.2 Å². The van der Waals surface area contributed by atoms with E-state index in [0.717, 1.165) is 31.2 Å². The van der Waals surface area contributed by atoms with E-state index in [9.17, 15) is 14.4 Å². The van der Waals surface area contributed by atoms with Crippen molar-refractivity contribution < 1.29 is 19.1 Å². The Morgan fingerprint density at radius 1 is 1.11 bits per heavy atom. The molecule has 0 unspecified atom stereocenters. The highest BCUT2D eigenvalue weighted by Crippen LogP contribution is 2.32. The monoisotopic (exact) mass is 382 g/mol. The van der Waals surface area contributed by atoms with Crippen LogP contribution in [0, 0.1) is 13.8 Å². The zero-order valence-corrected chi connectivity index (χ0v) is 16.6. The summed E-state index contributed by atoms with van der Waals surface area (Å²) in [7, 11) is 0. The average Bonchev–Trinajstić information content (AvgIpc) is 3.29. The summed E-state index contributed by atoms with van der Waals surface area (Å²) in [6, 6.07) is 7.53. The molecule has 1 saturated carbocycles. The molecule has 3 rings (SSSR count). The number of H-pyrrole nitrogens is 1. The van der Waals surface area contributed by atoms with E-state index < -0.39 is 17.7 Å². The minimum absolute atomic E-state index is 0.0415. The number of amides is 1. The van der Waals surface area contributed by atoms with E-state index >= 15 is 0 Å². The number of aromatic nitrogens is 1. The van der Waals surface area contributed by atoms with E-state index in [0.29, 0.717) is 22.4 Å². The Labute approximate surface area is 164 Å². The zero-order chi connectivity index (χ0) is 20.3. The maximum Gasteiger partial charge on any atom is 0.340 e. The van der Waals surface area contributed by atoms with E-state index in [1.54, 1.807) is 13.8 Å². The van der Waals surface area contributed by atoms with Crippen LogP contribution < -0.4 is 5.32 Å². The van der Waals surface area contributed by atoms with Gasteiger partial charge in [-0.1, -0.05) is 42.7 Å². The van der Waals surface area contributed by atoms with Crippen molar-refractivity contribution in [2.75, 3.05) is 6.61 Å². The lowest BCUT2D eigenvalue weighted by atomic mass is 9.97. The van der Waals surface area contributed by atoms with Gasteiger partial charge in [-0.25, -0.2) is 4.79 Å². The van der Waals surface area contributed by atoms with Gasteiger partial charge in [-0.05, 0) is 39.2 Å². The predicted molar refractivity (Wildman–Crippen MR) is 106 cm³/mol. The van der Waals surface area contributed by atoms with Gasteiger partial charge in [0, 0.05) is 17.3 Å². The van der Waals surface area contributed by atoms with Gasteiger partial charge >= 0.3 is 5.97 Å². The van der Waals surface area contributed by atoms with Crippen LogP contribution >= 0.6 is 0 Å². The summed E-state index contributed by atoms with van der Waals surface area (Å²) < 4.78 is 5.19. The van der Waals surface area contributed by atoms with Crippen molar-refractivity contribution in [1.29, 1.82) is 0 Å². The number of hydrogen-bond acceptors (Lipinski definition) is 4. The van der Waals surface area contributed by atoms with Crippen molar-refractivity contribution in [3.8, 4) is 11.1 Å². The van der Waals surface area contributed by atoms with E-state index in [2.05, 4.69) is 10.3 Å². The van der Waals surface area contributed by atoms with Gasteiger partial charge in [0.15, 0.2) is 0 Å². The quantitative estimate of drug-likeness (QED) is 0.453. The standard InChI is InChI=1S/C22H26N2O4/c1-4-28-22(27)17-14(3)23-19(18(17)15-11-9-13(2)10-12-15)20(25)21(26)24-16-7-5-6-8-16/h9-12,16,23H,4-8H2,1-3H3,(H,24,26). The first-order valence-electron chi connectivity index (χ1n) is 9.74. The van der Waals surface area contributed by atoms with Gasteiger partial charge in [-0.2, -0.15) is 0 Å². The van der Waals surface area contributed by atoms with Crippen LogP contribution in [-0.2, 0) is 9.53 Å². The van der Waals surface area contributed by atoms with Crippen molar-refractivity contribution >= 4 is 17.7 Å². The highest BCUT2D eigenvalue weighted by Gasteiger charge is 2.31. The number of benzene rings is 1. The van der Waals surface area contributed by atoms with Crippen LogP contribution in [0.2, 0.25) is 0 Å². The summed E-state index contributed by atoms with van der Waals surface area (Å²) in [4.78, 5) is 41.0. The molecule has 0 saturated heterocycles. The Hall–Kier alpha value is -2.89. The van der Waals surface area contributed by atoms with E-state index in [1.165, 1.54) is 0 Å². The lowest BCUT2D eigenvalue weighted by molar-refractivity contribution is -0.117. The Morgan fingerprint density at radius 2 is 1.75 bits per heavy atom. The second kappa shape index (κ2) is 8.42. The maximum atomic E-state index is 12.9. The molecule has 0 atom stereocenters. The molecule has 148 valence electrons. The van der Waals surface area contributed by atoms with Gasteiger partial charge in [0.05, 0.1) is 12.2 Å². The van der Waals surface area contributed by atoms with Gasteiger partial charge in [0.2, 0.25) is 0 Å². The normalized spacial score (nSPS) is 14.1. The third-order valence-electron chi connectivity index (χ3n) is 5.13.